The van der Waals surface area contributed by atoms with Crippen molar-refractivity contribution in [2.45, 2.75) is 45.9 Å². The van der Waals surface area contributed by atoms with Gasteiger partial charge in [0.1, 0.15) is 11.5 Å². The number of hydrogen-bond donors (Lipinski definition) is 1. The van der Waals surface area contributed by atoms with E-state index in [2.05, 4.69) is 24.1 Å². The molecule has 8 heteroatoms. The lowest BCUT2D eigenvalue weighted by Crippen LogP contribution is -2.37. The molecule has 1 aliphatic rings. The van der Waals surface area contributed by atoms with Gasteiger partial charge in [-0.2, -0.15) is 0 Å². The minimum absolute atomic E-state index is 0.336. The summed E-state index contributed by atoms with van der Waals surface area (Å²) in [5.41, 5.74) is 3.50. The van der Waals surface area contributed by atoms with Gasteiger partial charge in [0, 0.05) is 66.1 Å². The molecule has 1 unspecified atom stereocenters. The van der Waals surface area contributed by atoms with E-state index in [9.17, 15) is 9.59 Å². The molecular weight excluding hydrogens is 446 g/mol. The lowest BCUT2D eigenvalue weighted by Gasteiger charge is -2.32. The molecule has 3 aromatic rings. The number of aromatic nitrogens is 1. The normalized spacial score (nSPS) is 14.3. The maximum Gasteiger partial charge on any atom is 0.339 e. The number of amides is 1. The van der Waals surface area contributed by atoms with Gasteiger partial charge < -0.3 is 19.5 Å². The fourth-order valence-electron chi connectivity index (χ4n) is 4.28. The van der Waals surface area contributed by atoms with Gasteiger partial charge in [-0.05, 0) is 26.8 Å². The van der Waals surface area contributed by atoms with Gasteiger partial charge in [-0.25, -0.2) is 4.79 Å². The van der Waals surface area contributed by atoms with Gasteiger partial charge >= 0.3 is 5.97 Å². The van der Waals surface area contributed by atoms with E-state index in [4.69, 9.17) is 19.2 Å². The summed E-state index contributed by atoms with van der Waals surface area (Å²) in [6, 6.07) is 12.9. The number of nitrogens with zero attached hydrogens (tertiary/aromatic N) is 2. The van der Waals surface area contributed by atoms with Crippen molar-refractivity contribution in [1.82, 2.24) is 9.88 Å². The highest BCUT2D eigenvalue weighted by Gasteiger charge is 2.29. The molecule has 184 valence electrons. The van der Waals surface area contributed by atoms with Gasteiger partial charge in [-0.3, -0.25) is 14.7 Å². The minimum atomic E-state index is -1.02. The summed E-state index contributed by atoms with van der Waals surface area (Å²) in [5.74, 6) is 0.0868. The van der Waals surface area contributed by atoms with Crippen LogP contribution in [0, 0.1) is 0 Å². The Morgan fingerprint density at radius 1 is 1.03 bits per heavy atom. The zero-order valence-corrected chi connectivity index (χ0v) is 20.8. The average Bonchev–Trinajstić information content (AvgIpc) is 2.86. The first-order valence-electron chi connectivity index (χ1n) is 11.7. The van der Waals surface area contributed by atoms with Crippen molar-refractivity contribution in [2.75, 3.05) is 26.1 Å². The van der Waals surface area contributed by atoms with Gasteiger partial charge in [-0.1, -0.05) is 18.2 Å². The van der Waals surface area contributed by atoms with E-state index in [0.717, 1.165) is 35.1 Å². The monoisotopic (exact) mass is 477 g/mol. The summed E-state index contributed by atoms with van der Waals surface area (Å²) in [5, 5.41) is 3.50. The predicted molar refractivity (Wildman–Crippen MR) is 134 cm³/mol. The van der Waals surface area contributed by atoms with Crippen LogP contribution >= 0.6 is 0 Å². The molecule has 8 nitrogen and oxygen atoms in total. The highest BCUT2D eigenvalue weighted by Crippen LogP contribution is 2.30. The number of hydrogen-bond acceptors (Lipinski definition) is 7. The molecule has 1 aromatic heterocycles. The Balaban J connectivity index is 1.60. The van der Waals surface area contributed by atoms with Gasteiger partial charge in [0.25, 0.3) is 5.91 Å². The van der Waals surface area contributed by atoms with Crippen molar-refractivity contribution in [3.63, 3.8) is 0 Å². The van der Waals surface area contributed by atoms with E-state index in [1.54, 1.807) is 25.1 Å². The summed E-state index contributed by atoms with van der Waals surface area (Å²) >= 11 is 0. The largest absolute Gasteiger partial charge is 0.497 e. The maximum absolute atomic E-state index is 13.5. The number of benzene rings is 2. The standard InChI is InChI=1S/C27H31N3O5/c1-16(2)30-11-10-24-22(15-30)25(21-8-6-7-9-23(21)29-24)27(32)35-17(3)26(31)28-18-12-19(33-4)14-20(13-18)34-5/h6-9,12-14,16-17H,10-11,15H2,1-5H3,(H,28,31). The summed E-state index contributed by atoms with van der Waals surface area (Å²) < 4.78 is 16.2. The van der Waals surface area contributed by atoms with Crippen molar-refractivity contribution in [3.8, 4) is 11.5 Å². The van der Waals surface area contributed by atoms with E-state index in [1.807, 2.05) is 24.3 Å². The first-order chi connectivity index (χ1) is 16.8. The molecule has 1 aliphatic heterocycles. The number of anilines is 1. The van der Waals surface area contributed by atoms with Crippen LogP contribution in [-0.4, -0.2) is 54.7 Å². The number of ether oxygens (including phenoxy) is 3. The fourth-order valence-corrected chi connectivity index (χ4v) is 4.28. The molecule has 0 saturated carbocycles. The molecule has 1 atom stereocenters. The van der Waals surface area contributed by atoms with Gasteiger partial charge in [0.05, 0.1) is 25.3 Å². The predicted octanol–water partition coefficient (Wildman–Crippen LogP) is 4.20. The number of esters is 1. The molecule has 0 spiro atoms. The molecule has 1 amide bonds. The molecular formula is C27H31N3O5. The van der Waals surface area contributed by atoms with Crippen LogP contribution < -0.4 is 14.8 Å². The van der Waals surface area contributed by atoms with Crippen LogP contribution in [0.2, 0.25) is 0 Å². The third kappa shape index (κ3) is 5.22. The second-order valence-electron chi connectivity index (χ2n) is 8.88. The summed E-state index contributed by atoms with van der Waals surface area (Å²) in [6.45, 7) is 7.32. The molecule has 0 radical (unpaired) electrons. The van der Waals surface area contributed by atoms with Crippen molar-refractivity contribution in [3.05, 3.63) is 59.3 Å². The van der Waals surface area contributed by atoms with Crippen LogP contribution in [-0.2, 0) is 22.5 Å². The quantitative estimate of drug-likeness (QED) is 0.510. The van der Waals surface area contributed by atoms with E-state index in [-0.39, 0.29) is 0 Å². The van der Waals surface area contributed by atoms with E-state index >= 15 is 0 Å². The van der Waals surface area contributed by atoms with Crippen LogP contribution in [0.4, 0.5) is 5.69 Å². The van der Waals surface area contributed by atoms with Crippen LogP contribution in [0.1, 0.15) is 42.4 Å². The van der Waals surface area contributed by atoms with E-state index < -0.39 is 18.0 Å². The van der Waals surface area contributed by atoms with Gasteiger partial charge in [-0.15, -0.1) is 0 Å². The number of rotatable bonds is 7. The third-order valence-electron chi connectivity index (χ3n) is 6.28. The molecule has 0 bridgehead atoms. The molecule has 2 aromatic carbocycles. The molecule has 0 aliphatic carbocycles. The molecule has 1 N–H and O–H groups in total. The minimum Gasteiger partial charge on any atom is -0.497 e. The maximum atomic E-state index is 13.5. The Hall–Kier alpha value is -3.65. The number of fused-ring (bicyclic) bond motifs is 2. The van der Waals surface area contributed by atoms with Crippen molar-refractivity contribution in [2.24, 2.45) is 0 Å². The molecule has 35 heavy (non-hydrogen) atoms. The lowest BCUT2D eigenvalue weighted by molar-refractivity contribution is -0.123. The molecule has 0 saturated heterocycles. The Bertz CT molecular complexity index is 1230. The third-order valence-corrected chi connectivity index (χ3v) is 6.28. The van der Waals surface area contributed by atoms with Crippen molar-refractivity contribution in [1.29, 1.82) is 0 Å². The zero-order valence-electron chi connectivity index (χ0n) is 20.8. The summed E-state index contributed by atoms with van der Waals surface area (Å²) in [6.07, 6.45) is -0.265. The van der Waals surface area contributed by atoms with Crippen LogP contribution in [0.15, 0.2) is 42.5 Å². The van der Waals surface area contributed by atoms with Crippen LogP contribution in [0.5, 0.6) is 11.5 Å². The van der Waals surface area contributed by atoms with Crippen molar-refractivity contribution < 1.29 is 23.8 Å². The molecule has 0 fully saturated rings. The number of carbonyl (C=O) groups excluding carboxylic acids is 2. The number of para-hydroxylation sites is 1. The second kappa shape index (κ2) is 10.3. The Morgan fingerprint density at radius 2 is 1.71 bits per heavy atom. The Kier molecular flexibility index (Phi) is 7.21. The fraction of sp³-hybridized carbons (Fsp3) is 0.370. The second-order valence-corrected chi connectivity index (χ2v) is 8.88. The van der Waals surface area contributed by atoms with Crippen molar-refractivity contribution >= 4 is 28.5 Å². The molecule has 2 heterocycles. The number of carbonyl (C=O) groups is 2. The van der Waals surface area contributed by atoms with E-state index in [1.165, 1.54) is 14.2 Å². The SMILES string of the molecule is COc1cc(NC(=O)C(C)OC(=O)c2c3c(nc4ccccc24)CCN(C(C)C)C3)cc(OC)c1. The number of pyridine rings is 1. The van der Waals surface area contributed by atoms with Gasteiger partial charge in [0.15, 0.2) is 6.10 Å². The summed E-state index contributed by atoms with van der Waals surface area (Å²) in [4.78, 5) is 33.5. The highest BCUT2D eigenvalue weighted by molar-refractivity contribution is 6.06. The average molecular weight is 478 g/mol. The lowest BCUT2D eigenvalue weighted by atomic mass is 9.95. The topological polar surface area (TPSA) is 90.0 Å². The Labute approximate surface area is 205 Å². The van der Waals surface area contributed by atoms with Gasteiger partial charge in [0.2, 0.25) is 0 Å². The first kappa shape index (κ1) is 24.5. The highest BCUT2D eigenvalue weighted by atomic mass is 16.5. The Morgan fingerprint density at radius 3 is 2.37 bits per heavy atom. The zero-order chi connectivity index (χ0) is 25.1. The number of nitrogens with one attached hydrogen (secondary N) is 1. The molecule has 4 rings (SSSR count). The first-order valence-corrected chi connectivity index (χ1v) is 11.7. The smallest absolute Gasteiger partial charge is 0.339 e. The number of methoxy groups -OCH3 is 2. The van der Waals surface area contributed by atoms with E-state index in [0.29, 0.717) is 35.3 Å². The summed E-state index contributed by atoms with van der Waals surface area (Å²) in [7, 11) is 3.07. The van der Waals surface area contributed by atoms with Crippen LogP contribution in [0.25, 0.3) is 10.9 Å². The van der Waals surface area contributed by atoms with Crippen LogP contribution in [0.3, 0.4) is 0 Å².